The number of nitrogens with zero attached hydrogens (tertiary/aromatic N) is 1. The Balaban J connectivity index is 1.80. The minimum atomic E-state index is -1.50. The third-order valence-corrected chi connectivity index (χ3v) is 6.24. The number of para-hydroxylation sites is 1. The SMILES string of the molecule is C#CC1C=C(S(=O)c2ccccc2)c2cc(OC)ccc2N1C(=O)Oc1ccccc1. The number of fused-ring (bicyclic) bond motifs is 1. The van der Waals surface area contributed by atoms with Crippen LogP contribution in [0.5, 0.6) is 11.5 Å². The molecule has 0 aliphatic carbocycles. The summed E-state index contributed by atoms with van der Waals surface area (Å²) in [6, 6.07) is 22.3. The Kier molecular flexibility index (Phi) is 5.87. The van der Waals surface area contributed by atoms with Crippen molar-refractivity contribution in [3.05, 3.63) is 90.5 Å². The molecule has 0 N–H and O–H groups in total. The molecular weight excluding hydrogens is 410 g/mol. The Morgan fingerprint density at radius 3 is 2.32 bits per heavy atom. The van der Waals surface area contributed by atoms with E-state index in [0.29, 0.717) is 32.6 Å². The zero-order valence-electron chi connectivity index (χ0n) is 16.7. The van der Waals surface area contributed by atoms with Crippen LogP contribution in [0, 0.1) is 12.3 Å². The molecule has 4 rings (SSSR count). The first-order valence-electron chi connectivity index (χ1n) is 9.51. The van der Waals surface area contributed by atoms with Gasteiger partial charge in [-0.25, -0.2) is 9.00 Å². The van der Waals surface area contributed by atoms with Crippen molar-refractivity contribution < 1.29 is 18.5 Å². The van der Waals surface area contributed by atoms with Crippen LogP contribution in [0.3, 0.4) is 0 Å². The predicted molar refractivity (Wildman–Crippen MR) is 121 cm³/mol. The Hall–Kier alpha value is -3.82. The van der Waals surface area contributed by atoms with Gasteiger partial charge in [-0.1, -0.05) is 42.3 Å². The van der Waals surface area contributed by atoms with E-state index in [0.717, 1.165) is 0 Å². The van der Waals surface area contributed by atoms with E-state index >= 15 is 0 Å². The van der Waals surface area contributed by atoms with Crippen LogP contribution >= 0.6 is 0 Å². The molecule has 3 aromatic carbocycles. The van der Waals surface area contributed by atoms with Gasteiger partial charge in [0.05, 0.1) is 28.5 Å². The Bertz CT molecular complexity index is 1200. The predicted octanol–water partition coefficient (Wildman–Crippen LogP) is 4.86. The number of benzene rings is 3. The molecule has 0 bridgehead atoms. The molecule has 1 aliphatic heterocycles. The molecule has 6 heteroatoms. The molecule has 5 nitrogen and oxygen atoms in total. The monoisotopic (exact) mass is 429 g/mol. The minimum Gasteiger partial charge on any atom is -0.497 e. The van der Waals surface area contributed by atoms with Gasteiger partial charge in [0.15, 0.2) is 0 Å². The molecule has 2 unspecified atom stereocenters. The normalized spacial score (nSPS) is 15.8. The van der Waals surface area contributed by atoms with E-state index in [2.05, 4.69) is 5.92 Å². The molecule has 2 atom stereocenters. The van der Waals surface area contributed by atoms with Crippen LogP contribution in [0.2, 0.25) is 0 Å². The van der Waals surface area contributed by atoms with E-state index < -0.39 is 22.9 Å². The van der Waals surface area contributed by atoms with Crippen molar-refractivity contribution in [3.8, 4) is 23.8 Å². The smallest absolute Gasteiger partial charge is 0.421 e. The second-order valence-corrected chi connectivity index (χ2v) is 8.11. The van der Waals surface area contributed by atoms with Gasteiger partial charge in [-0.05, 0) is 48.5 Å². The van der Waals surface area contributed by atoms with E-state index in [-0.39, 0.29) is 0 Å². The number of amides is 1. The van der Waals surface area contributed by atoms with Gasteiger partial charge in [0.1, 0.15) is 17.5 Å². The lowest BCUT2D eigenvalue weighted by Gasteiger charge is -2.32. The minimum absolute atomic E-state index is 0.404. The summed E-state index contributed by atoms with van der Waals surface area (Å²) >= 11 is 0. The first-order chi connectivity index (χ1) is 15.1. The average molecular weight is 429 g/mol. The van der Waals surface area contributed by atoms with Gasteiger partial charge in [-0.2, -0.15) is 0 Å². The Morgan fingerprint density at radius 2 is 1.68 bits per heavy atom. The van der Waals surface area contributed by atoms with E-state index in [9.17, 15) is 9.00 Å². The lowest BCUT2D eigenvalue weighted by molar-refractivity contribution is 0.207. The van der Waals surface area contributed by atoms with Crippen LogP contribution in [-0.4, -0.2) is 23.5 Å². The lowest BCUT2D eigenvalue weighted by Crippen LogP contribution is -2.43. The van der Waals surface area contributed by atoms with Gasteiger partial charge in [-0.15, -0.1) is 6.42 Å². The summed E-state index contributed by atoms with van der Waals surface area (Å²) < 4.78 is 24.3. The average Bonchev–Trinajstić information content (AvgIpc) is 2.83. The van der Waals surface area contributed by atoms with Crippen LogP contribution in [-0.2, 0) is 10.8 Å². The molecule has 0 aromatic heterocycles. The number of hydrogen-bond acceptors (Lipinski definition) is 4. The van der Waals surface area contributed by atoms with Crippen molar-refractivity contribution in [3.63, 3.8) is 0 Å². The van der Waals surface area contributed by atoms with Gasteiger partial charge in [-0.3, -0.25) is 4.90 Å². The highest BCUT2D eigenvalue weighted by Gasteiger charge is 2.34. The number of carbonyl (C=O) groups excluding carboxylic acids is 1. The van der Waals surface area contributed by atoms with Crippen molar-refractivity contribution in [2.75, 3.05) is 12.0 Å². The van der Waals surface area contributed by atoms with Gasteiger partial charge in [0.25, 0.3) is 0 Å². The van der Waals surface area contributed by atoms with Crippen molar-refractivity contribution in [1.82, 2.24) is 0 Å². The second kappa shape index (κ2) is 8.90. The highest BCUT2D eigenvalue weighted by molar-refractivity contribution is 7.94. The third-order valence-electron chi connectivity index (χ3n) is 4.79. The molecule has 154 valence electrons. The largest absolute Gasteiger partial charge is 0.497 e. The van der Waals surface area contributed by atoms with E-state index in [1.807, 2.05) is 24.3 Å². The van der Waals surface area contributed by atoms with Crippen molar-refractivity contribution in [2.24, 2.45) is 0 Å². The first kappa shape index (κ1) is 20.5. The van der Waals surface area contributed by atoms with Gasteiger partial charge in [0, 0.05) is 10.5 Å². The molecule has 0 spiro atoms. The fourth-order valence-electron chi connectivity index (χ4n) is 3.31. The molecule has 1 aliphatic rings. The van der Waals surface area contributed by atoms with Gasteiger partial charge < -0.3 is 9.47 Å². The van der Waals surface area contributed by atoms with Gasteiger partial charge in [0.2, 0.25) is 0 Å². The second-order valence-electron chi connectivity index (χ2n) is 6.66. The van der Waals surface area contributed by atoms with E-state index in [4.69, 9.17) is 15.9 Å². The number of terminal acetylenes is 1. The van der Waals surface area contributed by atoms with Crippen LogP contribution in [0.1, 0.15) is 5.56 Å². The van der Waals surface area contributed by atoms with Crippen molar-refractivity contribution >= 4 is 27.5 Å². The zero-order valence-corrected chi connectivity index (χ0v) is 17.5. The molecule has 3 aromatic rings. The maximum atomic E-state index is 13.4. The number of anilines is 1. The summed E-state index contributed by atoms with van der Waals surface area (Å²) in [5.41, 5.74) is 1.10. The number of carbonyl (C=O) groups is 1. The van der Waals surface area contributed by atoms with Crippen LogP contribution in [0.15, 0.2) is 89.8 Å². The number of ether oxygens (including phenoxy) is 2. The molecule has 0 saturated carbocycles. The topological polar surface area (TPSA) is 55.8 Å². The molecule has 1 amide bonds. The summed E-state index contributed by atoms with van der Waals surface area (Å²) in [7, 11) is 0.0507. The van der Waals surface area contributed by atoms with Crippen molar-refractivity contribution in [2.45, 2.75) is 10.9 Å². The molecule has 1 heterocycles. The molecule has 0 fully saturated rings. The van der Waals surface area contributed by atoms with Crippen LogP contribution < -0.4 is 14.4 Å². The first-order valence-corrected chi connectivity index (χ1v) is 10.7. The molecule has 0 radical (unpaired) electrons. The van der Waals surface area contributed by atoms with Gasteiger partial charge >= 0.3 is 6.09 Å². The Morgan fingerprint density at radius 1 is 1.00 bits per heavy atom. The van der Waals surface area contributed by atoms with E-state index in [1.165, 1.54) is 4.90 Å². The summed E-state index contributed by atoms with van der Waals surface area (Å²) in [5, 5.41) is 0. The zero-order chi connectivity index (χ0) is 21.8. The van der Waals surface area contributed by atoms with Crippen molar-refractivity contribution in [1.29, 1.82) is 0 Å². The quantitative estimate of drug-likeness (QED) is 0.556. The third kappa shape index (κ3) is 4.09. The fraction of sp³-hybridized carbons (Fsp3) is 0.0800. The van der Waals surface area contributed by atoms with Crippen LogP contribution in [0.4, 0.5) is 10.5 Å². The van der Waals surface area contributed by atoms with E-state index in [1.54, 1.807) is 67.8 Å². The van der Waals surface area contributed by atoms with Crippen LogP contribution in [0.25, 0.3) is 4.91 Å². The lowest BCUT2D eigenvalue weighted by atomic mass is 10.0. The summed E-state index contributed by atoms with van der Waals surface area (Å²) in [6.07, 6.45) is 6.81. The summed E-state index contributed by atoms with van der Waals surface area (Å²) in [5.74, 6) is 3.59. The Labute approximate surface area is 183 Å². The fourth-order valence-corrected chi connectivity index (χ4v) is 4.59. The molecule has 0 saturated heterocycles. The standard InChI is InChI=1S/C25H19NO4S/c1-3-18-16-24(31(28)21-12-8-5-9-13-21)22-17-20(29-2)14-15-23(22)26(18)25(27)30-19-10-6-4-7-11-19/h1,4-18H,2H3. The number of rotatable bonds is 4. The maximum Gasteiger partial charge on any atom is 0.421 e. The highest BCUT2D eigenvalue weighted by atomic mass is 32.2. The molecular formula is C25H19NO4S. The number of hydrogen-bond donors (Lipinski definition) is 0. The molecule has 31 heavy (non-hydrogen) atoms. The number of methoxy groups -OCH3 is 1. The maximum absolute atomic E-state index is 13.4. The highest BCUT2D eigenvalue weighted by Crippen LogP contribution is 2.40. The summed E-state index contributed by atoms with van der Waals surface area (Å²) in [4.78, 5) is 15.6. The summed E-state index contributed by atoms with van der Waals surface area (Å²) in [6.45, 7) is 0.